The number of aromatic nitrogens is 1. The second-order valence-corrected chi connectivity index (χ2v) is 7.59. The monoisotopic (exact) mass is 381 g/mol. The molecule has 1 atom stereocenters. The van der Waals surface area contributed by atoms with Gasteiger partial charge in [-0.1, -0.05) is 37.5 Å². The standard InChI is InChI=1S/C22H27N3O3/c1-16(21(27)25-22(15-23)12-5-2-6-13-22)28-20(26)11-7-8-17-14-24-19-10-4-3-9-18(17)19/h3-4,9-10,14,16,24H,2,5-8,11-13H2,1H3,(H,25,27)/t16-/m1/s1. The fourth-order valence-electron chi connectivity index (χ4n) is 3.83. The lowest BCUT2D eigenvalue weighted by Gasteiger charge is -2.32. The summed E-state index contributed by atoms with van der Waals surface area (Å²) in [5.41, 5.74) is 1.44. The van der Waals surface area contributed by atoms with Gasteiger partial charge in [0.25, 0.3) is 5.91 Å². The lowest BCUT2D eigenvalue weighted by atomic mass is 9.83. The molecule has 0 unspecified atom stereocenters. The van der Waals surface area contributed by atoms with Crippen molar-refractivity contribution in [2.75, 3.05) is 0 Å². The maximum Gasteiger partial charge on any atom is 0.306 e. The van der Waals surface area contributed by atoms with Gasteiger partial charge in [-0.25, -0.2) is 0 Å². The molecule has 1 aliphatic carbocycles. The van der Waals surface area contributed by atoms with E-state index >= 15 is 0 Å². The van der Waals surface area contributed by atoms with Gasteiger partial charge in [-0.15, -0.1) is 0 Å². The van der Waals surface area contributed by atoms with Crippen molar-refractivity contribution >= 4 is 22.8 Å². The summed E-state index contributed by atoms with van der Waals surface area (Å²) in [5, 5.41) is 13.4. The van der Waals surface area contributed by atoms with E-state index in [9.17, 15) is 14.9 Å². The minimum Gasteiger partial charge on any atom is -0.453 e. The SMILES string of the molecule is C[C@@H](OC(=O)CCCc1c[nH]c2ccccc12)C(=O)NC1(C#N)CCCCC1. The van der Waals surface area contributed by atoms with Crippen LogP contribution in [-0.2, 0) is 20.7 Å². The second-order valence-electron chi connectivity index (χ2n) is 7.59. The quantitative estimate of drug-likeness (QED) is 0.714. The number of esters is 1. The molecule has 0 aliphatic heterocycles. The number of aromatic amines is 1. The van der Waals surface area contributed by atoms with Crippen molar-refractivity contribution < 1.29 is 14.3 Å². The summed E-state index contributed by atoms with van der Waals surface area (Å²) in [5.74, 6) is -0.787. The van der Waals surface area contributed by atoms with Gasteiger partial charge in [-0.2, -0.15) is 5.26 Å². The first-order valence-corrected chi connectivity index (χ1v) is 10.0. The van der Waals surface area contributed by atoms with E-state index < -0.39 is 23.5 Å². The zero-order valence-corrected chi connectivity index (χ0v) is 16.3. The molecule has 1 amide bonds. The highest BCUT2D eigenvalue weighted by molar-refractivity contribution is 5.84. The molecule has 0 bridgehead atoms. The normalized spacial score (nSPS) is 16.9. The van der Waals surface area contributed by atoms with Crippen LogP contribution in [0.4, 0.5) is 0 Å². The van der Waals surface area contributed by atoms with Crippen molar-refractivity contribution in [3.63, 3.8) is 0 Å². The Bertz CT molecular complexity index is 875. The van der Waals surface area contributed by atoms with Crippen molar-refractivity contribution in [2.45, 2.75) is 69.9 Å². The van der Waals surface area contributed by atoms with Gasteiger partial charge in [0.05, 0.1) is 6.07 Å². The van der Waals surface area contributed by atoms with E-state index in [4.69, 9.17) is 4.74 Å². The van der Waals surface area contributed by atoms with Crippen LogP contribution in [0, 0.1) is 11.3 Å². The molecule has 1 saturated carbocycles. The van der Waals surface area contributed by atoms with Gasteiger partial charge in [-0.05, 0) is 44.2 Å². The van der Waals surface area contributed by atoms with Crippen LogP contribution in [-0.4, -0.2) is 28.5 Å². The first-order chi connectivity index (χ1) is 13.5. The number of fused-ring (bicyclic) bond motifs is 1. The fraction of sp³-hybridized carbons (Fsp3) is 0.500. The lowest BCUT2D eigenvalue weighted by molar-refractivity contribution is -0.155. The zero-order valence-electron chi connectivity index (χ0n) is 16.3. The number of amides is 1. The van der Waals surface area contributed by atoms with Gasteiger partial charge < -0.3 is 15.0 Å². The third-order valence-corrected chi connectivity index (χ3v) is 5.46. The third kappa shape index (κ3) is 4.72. The van der Waals surface area contributed by atoms with Gasteiger partial charge in [0, 0.05) is 23.5 Å². The van der Waals surface area contributed by atoms with E-state index in [1.807, 2.05) is 24.4 Å². The van der Waals surface area contributed by atoms with E-state index in [1.54, 1.807) is 6.92 Å². The second kappa shape index (κ2) is 8.92. The van der Waals surface area contributed by atoms with Crippen molar-refractivity contribution in [1.29, 1.82) is 5.26 Å². The van der Waals surface area contributed by atoms with E-state index in [0.29, 0.717) is 19.3 Å². The maximum absolute atomic E-state index is 12.4. The Kier molecular flexibility index (Phi) is 6.35. The molecule has 2 N–H and O–H groups in total. The van der Waals surface area contributed by atoms with Crippen LogP contribution in [0.3, 0.4) is 0 Å². The highest BCUT2D eigenvalue weighted by Gasteiger charge is 2.35. The Morgan fingerprint density at radius 1 is 1.29 bits per heavy atom. The molecule has 1 aromatic heterocycles. The minimum atomic E-state index is -0.896. The third-order valence-electron chi connectivity index (χ3n) is 5.46. The number of H-pyrrole nitrogens is 1. The van der Waals surface area contributed by atoms with E-state index in [-0.39, 0.29) is 6.42 Å². The van der Waals surface area contributed by atoms with Crippen LogP contribution in [0.5, 0.6) is 0 Å². The molecule has 3 rings (SSSR count). The molecule has 1 fully saturated rings. The topological polar surface area (TPSA) is 95.0 Å². The number of nitrogens with zero attached hydrogens (tertiary/aromatic N) is 1. The highest BCUT2D eigenvalue weighted by atomic mass is 16.5. The van der Waals surface area contributed by atoms with Gasteiger partial charge in [-0.3, -0.25) is 9.59 Å². The van der Waals surface area contributed by atoms with Crippen molar-refractivity contribution in [3.05, 3.63) is 36.0 Å². The summed E-state index contributed by atoms with van der Waals surface area (Å²) in [6.07, 6.45) is 6.98. The van der Waals surface area contributed by atoms with Gasteiger partial charge >= 0.3 is 5.97 Å². The Balaban J connectivity index is 1.45. The molecule has 0 spiro atoms. The summed E-state index contributed by atoms with van der Waals surface area (Å²) in [6.45, 7) is 1.56. The predicted octanol–water partition coefficient (Wildman–Crippen LogP) is 3.76. The zero-order chi connectivity index (χ0) is 20.0. The molecule has 1 aliphatic rings. The summed E-state index contributed by atoms with van der Waals surface area (Å²) in [7, 11) is 0. The van der Waals surface area contributed by atoms with Gasteiger partial charge in [0.1, 0.15) is 5.54 Å². The summed E-state index contributed by atoms with van der Waals surface area (Å²) < 4.78 is 5.28. The molecule has 28 heavy (non-hydrogen) atoms. The van der Waals surface area contributed by atoms with Crippen LogP contribution in [0.15, 0.2) is 30.5 Å². The number of ether oxygens (including phenoxy) is 1. The molecule has 148 valence electrons. The molecule has 6 nitrogen and oxygen atoms in total. The maximum atomic E-state index is 12.4. The number of carbonyl (C=O) groups excluding carboxylic acids is 2. The lowest BCUT2D eigenvalue weighted by Crippen LogP contribution is -2.52. The number of para-hydroxylation sites is 1. The Hall–Kier alpha value is -2.81. The highest BCUT2D eigenvalue weighted by Crippen LogP contribution is 2.27. The molecule has 1 heterocycles. The first kappa shape index (κ1) is 19.9. The van der Waals surface area contributed by atoms with Gasteiger partial charge in [0.2, 0.25) is 0 Å². The number of carbonyl (C=O) groups is 2. The smallest absolute Gasteiger partial charge is 0.306 e. The molecular weight excluding hydrogens is 354 g/mol. The van der Waals surface area contributed by atoms with Crippen LogP contribution >= 0.6 is 0 Å². The van der Waals surface area contributed by atoms with Crippen LogP contribution < -0.4 is 5.32 Å². The van der Waals surface area contributed by atoms with Crippen molar-refractivity contribution in [3.8, 4) is 6.07 Å². The number of hydrogen-bond donors (Lipinski definition) is 2. The average Bonchev–Trinajstić information content (AvgIpc) is 3.12. The van der Waals surface area contributed by atoms with E-state index in [2.05, 4.69) is 22.4 Å². The number of rotatable bonds is 7. The predicted molar refractivity (Wildman–Crippen MR) is 106 cm³/mol. The largest absolute Gasteiger partial charge is 0.453 e. The van der Waals surface area contributed by atoms with Crippen LogP contribution in [0.25, 0.3) is 10.9 Å². The Morgan fingerprint density at radius 2 is 2.04 bits per heavy atom. The Labute approximate surface area is 165 Å². The summed E-state index contributed by atoms with van der Waals surface area (Å²) in [4.78, 5) is 27.7. The number of benzene rings is 1. The van der Waals surface area contributed by atoms with E-state index in [0.717, 1.165) is 36.6 Å². The van der Waals surface area contributed by atoms with Crippen molar-refractivity contribution in [2.24, 2.45) is 0 Å². The molecule has 1 aromatic carbocycles. The number of hydrogen-bond acceptors (Lipinski definition) is 4. The van der Waals surface area contributed by atoms with Crippen LogP contribution in [0.1, 0.15) is 57.4 Å². The molecular formula is C22H27N3O3. The summed E-state index contributed by atoms with van der Waals surface area (Å²) >= 11 is 0. The minimum absolute atomic E-state index is 0.251. The molecule has 2 aromatic rings. The molecule has 0 saturated heterocycles. The number of aryl methyl sites for hydroxylation is 1. The van der Waals surface area contributed by atoms with Crippen molar-refractivity contribution in [1.82, 2.24) is 10.3 Å². The number of nitriles is 1. The van der Waals surface area contributed by atoms with Gasteiger partial charge in [0.15, 0.2) is 6.10 Å². The molecule has 0 radical (unpaired) electrons. The van der Waals surface area contributed by atoms with Crippen LogP contribution in [0.2, 0.25) is 0 Å². The fourth-order valence-corrected chi connectivity index (χ4v) is 3.83. The number of nitrogens with one attached hydrogen (secondary N) is 2. The average molecular weight is 381 g/mol. The first-order valence-electron chi connectivity index (χ1n) is 10.0. The summed E-state index contributed by atoms with van der Waals surface area (Å²) in [6, 6.07) is 10.3. The Morgan fingerprint density at radius 3 is 2.79 bits per heavy atom. The molecule has 6 heteroatoms. The van der Waals surface area contributed by atoms with E-state index in [1.165, 1.54) is 5.56 Å².